The van der Waals surface area contributed by atoms with Crippen molar-refractivity contribution in [1.82, 2.24) is 9.97 Å². The first kappa shape index (κ1) is 18.7. The first-order valence-electron chi connectivity index (χ1n) is 8.47. The Morgan fingerprint density at radius 3 is 2.26 bits per heavy atom. The third-order valence-electron chi connectivity index (χ3n) is 4.15. The number of hydrogen-bond acceptors (Lipinski definition) is 4. The predicted octanol–water partition coefficient (Wildman–Crippen LogP) is 5.57. The zero-order valence-corrected chi connectivity index (χ0v) is 15.0. The molecule has 1 N–H and O–H groups in total. The van der Waals surface area contributed by atoms with Crippen LogP contribution in [0.15, 0.2) is 60.8 Å². The minimum Gasteiger partial charge on any atom is -0.329 e. The summed E-state index contributed by atoms with van der Waals surface area (Å²) < 4.78 is 40.3. The number of aromatic nitrogens is 2. The summed E-state index contributed by atoms with van der Waals surface area (Å²) >= 11 is 0. The lowest BCUT2D eigenvalue weighted by molar-refractivity contribution is -0.137. The van der Waals surface area contributed by atoms with Crippen molar-refractivity contribution in [3.05, 3.63) is 71.9 Å². The Balaban J connectivity index is 1.97. The van der Waals surface area contributed by atoms with Crippen LogP contribution in [0, 0.1) is 0 Å². The number of rotatable bonds is 5. The van der Waals surface area contributed by atoms with Crippen LogP contribution in [0.5, 0.6) is 0 Å². The first-order valence-corrected chi connectivity index (χ1v) is 8.47. The van der Waals surface area contributed by atoms with Crippen molar-refractivity contribution in [3.63, 3.8) is 0 Å². The topological polar surface area (TPSA) is 41.1 Å². The summed E-state index contributed by atoms with van der Waals surface area (Å²) in [7, 11) is 1.55. The Bertz CT molecular complexity index is 893. The van der Waals surface area contributed by atoms with E-state index in [-0.39, 0.29) is 11.8 Å². The second kappa shape index (κ2) is 7.65. The van der Waals surface area contributed by atoms with Gasteiger partial charge in [-0.2, -0.15) is 18.2 Å². The maximum Gasteiger partial charge on any atom is 0.421 e. The van der Waals surface area contributed by atoms with Gasteiger partial charge in [0, 0.05) is 24.6 Å². The van der Waals surface area contributed by atoms with Gasteiger partial charge in [0.25, 0.3) is 0 Å². The summed E-state index contributed by atoms with van der Waals surface area (Å²) in [5, 5.41) is 2.96. The number of anilines is 4. The van der Waals surface area contributed by atoms with E-state index >= 15 is 0 Å². The van der Waals surface area contributed by atoms with Crippen molar-refractivity contribution in [2.75, 3.05) is 17.3 Å². The van der Waals surface area contributed by atoms with E-state index in [9.17, 15) is 13.2 Å². The van der Waals surface area contributed by atoms with Gasteiger partial charge >= 0.3 is 6.18 Å². The van der Waals surface area contributed by atoms with E-state index < -0.39 is 11.7 Å². The number of aryl methyl sites for hydroxylation is 1. The van der Waals surface area contributed by atoms with Crippen molar-refractivity contribution in [2.45, 2.75) is 19.5 Å². The maximum atomic E-state index is 13.4. The molecule has 1 heterocycles. The molecule has 140 valence electrons. The molecule has 0 aliphatic rings. The minimum atomic E-state index is -4.56. The Labute approximate surface area is 155 Å². The zero-order chi connectivity index (χ0) is 19.4. The van der Waals surface area contributed by atoms with Crippen LogP contribution >= 0.6 is 0 Å². The highest BCUT2D eigenvalue weighted by molar-refractivity contribution is 5.65. The van der Waals surface area contributed by atoms with Crippen LogP contribution < -0.4 is 10.2 Å². The van der Waals surface area contributed by atoms with Gasteiger partial charge < -0.3 is 10.2 Å². The van der Waals surface area contributed by atoms with Gasteiger partial charge in [0.15, 0.2) is 5.82 Å². The molecule has 27 heavy (non-hydrogen) atoms. The molecule has 0 aliphatic carbocycles. The standard InChI is InChI=1S/C20H19F3N4/c1-3-14-9-11-15(12-10-14)25-19-24-13-17(20(21,22)23)18(26-19)27(2)16-7-5-4-6-8-16/h4-13H,3H2,1-2H3,(H,24,25,26). The smallest absolute Gasteiger partial charge is 0.329 e. The van der Waals surface area contributed by atoms with Gasteiger partial charge in [0.1, 0.15) is 5.56 Å². The third kappa shape index (κ3) is 4.36. The van der Waals surface area contributed by atoms with E-state index in [0.29, 0.717) is 11.4 Å². The summed E-state index contributed by atoms with van der Waals surface area (Å²) in [6.07, 6.45) is -2.84. The van der Waals surface area contributed by atoms with Crippen molar-refractivity contribution < 1.29 is 13.2 Å². The van der Waals surface area contributed by atoms with Crippen LogP contribution in [0.1, 0.15) is 18.1 Å². The highest BCUT2D eigenvalue weighted by Crippen LogP contribution is 2.37. The second-order valence-corrected chi connectivity index (χ2v) is 6.00. The molecule has 1 aromatic heterocycles. The van der Waals surface area contributed by atoms with Crippen LogP contribution in [-0.2, 0) is 12.6 Å². The molecule has 3 rings (SSSR count). The second-order valence-electron chi connectivity index (χ2n) is 6.00. The molecule has 0 unspecified atom stereocenters. The SMILES string of the molecule is CCc1ccc(Nc2ncc(C(F)(F)F)c(N(C)c3ccccc3)n2)cc1. The van der Waals surface area contributed by atoms with Crippen LogP contribution in [0.3, 0.4) is 0 Å². The van der Waals surface area contributed by atoms with Gasteiger partial charge in [0.05, 0.1) is 0 Å². The van der Waals surface area contributed by atoms with E-state index in [2.05, 4.69) is 15.3 Å². The first-order chi connectivity index (χ1) is 12.9. The average molecular weight is 372 g/mol. The van der Waals surface area contributed by atoms with Crippen molar-refractivity contribution in [3.8, 4) is 0 Å². The Morgan fingerprint density at radius 2 is 1.67 bits per heavy atom. The summed E-state index contributed by atoms with van der Waals surface area (Å²) in [6, 6.07) is 16.4. The number of alkyl halides is 3. The molecule has 0 fully saturated rings. The normalized spacial score (nSPS) is 11.3. The molecular weight excluding hydrogens is 353 g/mol. The number of halogens is 3. The highest BCUT2D eigenvalue weighted by atomic mass is 19.4. The van der Waals surface area contributed by atoms with E-state index in [0.717, 1.165) is 12.6 Å². The lowest BCUT2D eigenvalue weighted by atomic mass is 10.1. The van der Waals surface area contributed by atoms with Gasteiger partial charge in [0.2, 0.25) is 5.95 Å². The van der Waals surface area contributed by atoms with E-state index in [4.69, 9.17) is 0 Å². The quantitative estimate of drug-likeness (QED) is 0.636. The minimum absolute atomic E-state index is 0.102. The van der Waals surface area contributed by atoms with Crippen LogP contribution in [0.2, 0.25) is 0 Å². The van der Waals surface area contributed by atoms with Crippen molar-refractivity contribution >= 4 is 23.1 Å². The monoisotopic (exact) mass is 372 g/mol. The summed E-state index contributed by atoms with van der Waals surface area (Å²) in [5.41, 5.74) is 1.58. The molecular formula is C20H19F3N4. The van der Waals surface area contributed by atoms with E-state index in [1.54, 1.807) is 37.4 Å². The Hall–Kier alpha value is -3.09. The van der Waals surface area contributed by atoms with Gasteiger partial charge in [-0.1, -0.05) is 37.3 Å². The van der Waals surface area contributed by atoms with Crippen LogP contribution in [0.4, 0.5) is 36.3 Å². The third-order valence-corrected chi connectivity index (χ3v) is 4.15. The van der Waals surface area contributed by atoms with Crippen LogP contribution in [-0.4, -0.2) is 17.0 Å². The highest BCUT2D eigenvalue weighted by Gasteiger charge is 2.36. The molecule has 3 aromatic rings. The fourth-order valence-corrected chi connectivity index (χ4v) is 2.62. The van der Waals surface area contributed by atoms with Gasteiger partial charge in [-0.3, -0.25) is 0 Å². The lowest BCUT2D eigenvalue weighted by Gasteiger charge is -2.22. The number of nitrogens with one attached hydrogen (secondary N) is 1. The van der Waals surface area contributed by atoms with Crippen molar-refractivity contribution in [1.29, 1.82) is 0 Å². The number of benzene rings is 2. The predicted molar refractivity (Wildman–Crippen MR) is 101 cm³/mol. The van der Waals surface area contributed by atoms with Gasteiger partial charge in [-0.15, -0.1) is 0 Å². The van der Waals surface area contributed by atoms with E-state index in [1.165, 1.54) is 10.5 Å². The number of hydrogen-bond donors (Lipinski definition) is 1. The van der Waals surface area contributed by atoms with Gasteiger partial charge in [-0.25, -0.2) is 4.98 Å². The molecule has 0 bridgehead atoms. The largest absolute Gasteiger partial charge is 0.421 e. The Kier molecular flexibility index (Phi) is 5.30. The summed E-state index contributed by atoms with van der Waals surface area (Å²) in [6.45, 7) is 2.05. The molecule has 0 aliphatic heterocycles. The molecule has 2 aromatic carbocycles. The fourth-order valence-electron chi connectivity index (χ4n) is 2.62. The number of para-hydroxylation sites is 1. The average Bonchev–Trinajstić information content (AvgIpc) is 2.68. The lowest BCUT2D eigenvalue weighted by Crippen LogP contribution is -2.19. The molecule has 0 radical (unpaired) electrons. The number of nitrogens with zero attached hydrogens (tertiary/aromatic N) is 3. The molecule has 0 atom stereocenters. The van der Waals surface area contributed by atoms with E-state index in [1.807, 2.05) is 31.2 Å². The molecule has 0 saturated carbocycles. The molecule has 0 saturated heterocycles. The molecule has 4 nitrogen and oxygen atoms in total. The van der Waals surface area contributed by atoms with Crippen molar-refractivity contribution in [2.24, 2.45) is 0 Å². The molecule has 0 spiro atoms. The summed E-state index contributed by atoms with van der Waals surface area (Å²) in [4.78, 5) is 9.39. The fraction of sp³-hybridized carbons (Fsp3) is 0.200. The zero-order valence-electron chi connectivity index (χ0n) is 15.0. The maximum absolute atomic E-state index is 13.4. The summed E-state index contributed by atoms with van der Waals surface area (Å²) in [5.74, 6) is -0.110. The molecule has 7 heteroatoms. The Morgan fingerprint density at radius 1 is 1.00 bits per heavy atom. The van der Waals surface area contributed by atoms with Crippen LogP contribution in [0.25, 0.3) is 0 Å². The molecule has 0 amide bonds. The van der Waals surface area contributed by atoms with Gasteiger partial charge in [-0.05, 0) is 36.2 Å².